The van der Waals surface area contributed by atoms with Gasteiger partial charge in [-0.3, -0.25) is 14.8 Å². The Kier molecular flexibility index (Phi) is 7.42. The lowest BCUT2D eigenvalue weighted by molar-refractivity contribution is -0.137. The minimum Gasteiger partial charge on any atom is -0.468 e. The standard InChI is InChI=1S/C7H13NO4S/c1-12-7(10)5-13-4-2-3-6(9)8-11/h11H,2-5H2,1H3,(H,8,9). The number of methoxy groups -OCH3 is 1. The molecule has 5 nitrogen and oxygen atoms in total. The van der Waals surface area contributed by atoms with E-state index in [2.05, 4.69) is 4.74 Å². The lowest BCUT2D eigenvalue weighted by Gasteiger charge is -1.99. The summed E-state index contributed by atoms with van der Waals surface area (Å²) in [5.41, 5.74) is 1.54. The van der Waals surface area contributed by atoms with Crippen LogP contribution in [-0.2, 0) is 14.3 Å². The van der Waals surface area contributed by atoms with Crippen molar-refractivity contribution in [1.29, 1.82) is 0 Å². The summed E-state index contributed by atoms with van der Waals surface area (Å²) in [6.45, 7) is 0. The minimum atomic E-state index is -0.404. The van der Waals surface area contributed by atoms with Gasteiger partial charge in [0.1, 0.15) is 0 Å². The van der Waals surface area contributed by atoms with E-state index in [1.165, 1.54) is 24.4 Å². The Bertz CT molecular complexity index is 156. The summed E-state index contributed by atoms with van der Waals surface area (Å²) in [5.74, 6) is 0.329. The second-order valence-electron chi connectivity index (χ2n) is 2.27. The topological polar surface area (TPSA) is 75.6 Å². The van der Waals surface area contributed by atoms with Gasteiger partial charge in [-0.25, -0.2) is 5.48 Å². The van der Waals surface area contributed by atoms with E-state index in [0.717, 1.165) is 0 Å². The van der Waals surface area contributed by atoms with E-state index >= 15 is 0 Å². The Morgan fingerprint density at radius 3 is 2.77 bits per heavy atom. The first-order valence-electron chi connectivity index (χ1n) is 3.78. The van der Waals surface area contributed by atoms with Gasteiger partial charge in [0, 0.05) is 6.42 Å². The van der Waals surface area contributed by atoms with Crippen LogP contribution in [-0.4, -0.2) is 35.7 Å². The zero-order valence-corrected chi connectivity index (χ0v) is 8.23. The summed E-state index contributed by atoms with van der Waals surface area (Å²) in [5, 5.41) is 8.14. The number of nitrogens with one attached hydrogen (secondary N) is 1. The summed E-state index contributed by atoms with van der Waals surface area (Å²) in [6.07, 6.45) is 0.902. The van der Waals surface area contributed by atoms with Gasteiger partial charge in [-0.1, -0.05) is 0 Å². The van der Waals surface area contributed by atoms with Crippen LogP contribution in [0.5, 0.6) is 0 Å². The largest absolute Gasteiger partial charge is 0.468 e. The third-order valence-corrected chi connectivity index (χ3v) is 2.28. The first kappa shape index (κ1) is 12.2. The Morgan fingerprint density at radius 1 is 1.54 bits per heavy atom. The van der Waals surface area contributed by atoms with Crippen molar-refractivity contribution in [2.24, 2.45) is 0 Å². The smallest absolute Gasteiger partial charge is 0.315 e. The van der Waals surface area contributed by atoms with E-state index in [4.69, 9.17) is 5.21 Å². The molecule has 6 heteroatoms. The zero-order chi connectivity index (χ0) is 10.1. The van der Waals surface area contributed by atoms with Gasteiger partial charge in [0.15, 0.2) is 0 Å². The number of thioether (sulfide) groups is 1. The zero-order valence-electron chi connectivity index (χ0n) is 7.41. The summed E-state index contributed by atoms with van der Waals surface area (Å²) in [4.78, 5) is 21.1. The van der Waals surface area contributed by atoms with Crippen molar-refractivity contribution in [2.45, 2.75) is 12.8 Å². The first-order chi connectivity index (χ1) is 6.20. The molecular weight excluding hydrogens is 194 g/mol. The summed E-state index contributed by atoms with van der Waals surface area (Å²) < 4.78 is 4.42. The van der Waals surface area contributed by atoms with Crippen molar-refractivity contribution in [1.82, 2.24) is 5.48 Å². The maximum atomic E-state index is 10.6. The highest BCUT2D eigenvalue weighted by Gasteiger charge is 2.01. The molecule has 0 spiro atoms. The fraction of sp³-hybridized carbons (Fsp3) is 0.714. The molecule has 0 fully saturated rings. The van der Waals surface area contributed by atoms with Crippen LogP contribution >= 0.6 is 11.8 Å². The lowest BCUT2D eigenvalue weighted by atomic mass is 10.3. The van der Waals surface area contributed by atoms with Gasteiger partial charge in [0.2, 0.25) is 5.91 Å². The van der Waals surface area contributed by atoms with Crippen LogP contribution in [0.4, 0.5) is 0 Å². The van der Waals surface area contributed by atoms with Gasteiger partial charge >= 0.3 is 5.97 Å². The second kappa shape index (κ2) is 7.88. The second-order valence-corrected chi connectivity index (χ2v) is 3.37. The molecular formula is C7H13NO4S. The number of esters is 1. The van der Waals surface area contributed by atoms with Crippen molar-refractivity contribution in [3.63, 3.8) is 0 Å². The molecule has 0 unspecified atom stereocenters. The molecule has 0 aliphatic heterocycles. The Balaban J connectivity index is 3.17. The fourth-order valence-electron chi connectivity index (χ4n) is 0.605. The predicted molar refractivity (Wildman–Crippen MR) is 48.5 cm³/mol. The van der Waals surface area contributed by atoms with E-state index in [1.807, 2.05) is 0 Å². The van der Waals surface area contributed by atoms with Gasteiger partial charge in [0.05, 0.1) is 12.9 Å². The molecule has 13 heavy (non-hydrogen) atoms. The number of carbonyl (C=O) groups is 2. The van der Waals surface area contributed by atoms with Crippen LogP contribution in [0.1, 0.15) is 12.8 Å². The molecule has 0 heterocycles. The minimum absolute atomic E-state index is 0.267. The van der Waals surface area contributed by atoms with Gasteiger partial charge in [0.25, 0.3) is 0 Å². The highest BCUT2D eigenvalue weighted by Crippen LogP contribution is 2.04. The molecule has 0 radical (unpaired) electrons. The molecule has 0 aliphatic carbocycles. The highest BCUT2D eigenvalue weighted by atomic mass is 32.2. The average Bonchev–Trinajstić information content (AvgIpc) is 2.16. The van der Waals surface area contributed by atoms with Crippen molar-refractivity contribution < 1.29 is 19.5 Å². The van der Waals surface area contributed by atoms with Gasteiger partial charge in [-0.05, 0) is 12.2 Å². The summed E-state index contributed by atoms with van der Waals surface area (Å²) >= 11 is 1.40. The Hall–Kier alpha value is -0.750. The maximum absolute atomic E-state index is 10.6. The monoisotopic (exact) mass is 207 g/mol. The molecule has 0 bridgehead atoms. The van der Waals surface area contributed by atoms with E-state index in [1.54, 1.807) is 0 Å². The van der Waals surface area contributed by atoms with Crippen molar-refractivity contribution in [3.05, 3.63) is 0 Å². The number of hydrogen-bond donors (Lipinski definition) is 2. The molecule has 76 valence electrons. The van der Waals surface area contributed by atoms with Crippen LogP contribution in [0, 0.1) is 0 Å². The molecule has 0 aromatic carbocycles. The molecule has 0 aromatic rings. The quantitative estimate of drug-likeness (QED) is 0.281. The van der Waals surface area contributed by atoms with Crippen molar-refractivity contribution >= 4 is 23.6 Å². The van der Waals surface area contributed by atoms with Crippen LogP contribution in [0.2, 0.25) is 0 Å². The molecule has 1 amide bonds. The third kappa shape index (κ3) is 7.61. The molecule has 0 saturated carbocycles. The summed E-state index contributed by atoms with van der Waals surface area (Å²) in [6, 6.07) is 0. The molecule has 0 saturated heterocycles. The van der Waals surface area contributed by atoms with Gasteiger partial charge in [-0.15, -0.1) is 0 Å². The Morgan fingerprint density at radius 2 is 2.23 bits per heavy atom. The van der Waals surface area contributed by atoms with Crippen LogP contribution < -0.4 is 5.48 Å². The van der Waals surface area contributed by atoms with Crippen molar-refractivity contribution in [3.8, 4) is 0 Å². The lowest BCUT2D eigenvalue weighted by Crippen LogP contribution is -2.18. The number of hydroxylamine groups is 1. The number of hydrogen-bond acceptors (Lipinski definition) is 5. The fourth-order valence-corrected chi connectivity index (χ4v) is 1.38. The van der Waals surface area contributed by atoms with Crippen LogP contribution in [0.3, 0.4) is 0 Å². The number of amides is 1. The summed E-state index contributed by atoms with van der Waals surface area (Å²) in [7, 11) is 1.34. The number of rotatable bonds is 6. The third-order valence-electron chi connectivity index (χ3n) is 1.26. The van der Waals surface area contributed by atoms with Crippen LogP contribution in [0.15, 0.2) is 0 Å². The molecule has 2 N–H and O–H groups in total. The van der Waals surface area contributed by atoms with Crippen LogP contribution in [0.25, 0.3) is 0 Å². The van der Waals surface area contributed by atoms with E-state index in [9.17, 15) is 9.59 Å². The maximum Gasteiger partial charge on any atom is 0.315 e. The Labute approximate surface area is 80.8 Å². The van der Waals surface area contributed by atoms with Gasteiger partial charge in [-0.2, -0.15) is 11.8 Å². The normalized spacial score (nSPS) is 9.38. The highest BCUT2D eigenvalue weighted by molar-refractivity contribution is 7.99. The molecule has 0 aromatic heterocycles. The molecule has 0 atom stereocenters. The van der Waals surface area contributed by atoms with E-state index in [-0.39, 0.29) is 12.4 Å². The first-order valence-corrected chi connectivity index (χ1v) is 4.93. The average molecular weight is 207 g/mol. The molecule has 0 aliphatic rings. The van der Waals surface area contributed by atoms with Gasteiger partial charge < -0.3 is 4.74 Å². The SMILES string of the molecule is COC(=O)CSCCCC(=O)NO. The number of carbonyl (C=O) groups excluding carboxylic acids is 2. The van der Waals surface area contributed by atoms with E-state index in [0.29, 0.717) is 17.9 Å². The number of ether oxygens (including phenoxy) is 1. The molecule has 0 rings (SSSR count). The predicted octanol–water partition coefficient (Wildman–Crippen LogP) is 0.178. The van der Waals surface area contributed by atoms with Crippen molar-refractivity contribution in [2.75, 3.05) is 18.6 Å². The van der Waals surface area contributed by atoms with E-state index < -0.39 is 5.91 Å².